The van der Waals surface area contributed by atoms with Gasteiger partial charge in [-0.15, -0.1) is 0 Å². The van der Waals surface area contributed by atoms with E-state index in [1.54, 1.807) is 0 Å². The number of carbonyl (C=O) groups excluding carboxylic acids is 4. The smallest absolute Gasteiger partial charge is 0.317 e. The van der Waals surface area contributed by atoms with Crippen LogP contribution in [0.3, 0.4) is 0 Å². The zero-order chi connectivity index (χ0) is 15.4. The molecule has 2 aliphatic heterocycles. The minimum Gasteiger partial charge on any atom is -0.393 e. The van der Waals surface area contributed by atoms with E-state index in [-0.39, 0.29) is 47.5 Å². The maximum Gasteiger partial charge on any atom is 0.317 e. The summed E-state index contributed by atoms with van der Waals surface area (Å²) < 4.78 is 9.50. The molecule has 0 bridgehead atoms. The number of carbonyl (C=O) groups is 4. The number of ether oxygens (including phenoxy) is 2. The lowest BCUT2D eigenvalue weighted by Crippen LogP contribution is -2.35. The summed E-state index contributed by atoms with van der Waals surface area (Å²) in [7, 11) is 0. The molecule has 2 heterocycles. The Morgan fingerprint density at radius 3 is 1.32 bits per heavy atom. The van der Waals surface area contributed by atoms with E-state index in [0.717, 1.165) is 12.8 Å². The van der Waals surface area contributed by atoms with Gasteiger partial charge in [0, 0.05) is 0 Å². The number of hydrogen-bond donors (Lipinski definition) is 0. The normalized spacial score (nSPS) is 44.4. The van der Waals surface area contributed by atoms with Crippen LogP contribution in [-0.2, 0) is 28.7 Å². The second-order valence-corrected chi connectivity index (χ2v) is 7.05. The van der Waals surface area contributed by atoms with E-state index in [1.165, 1.54) is 0 Å². The van der Waals surface area contributed by atoms with E-state index in [0.29, 0.717) is 37.5 Å². The zero-order valence-corrected chi connectivity index (χ0v) is 12.2. The number of rotatable bonds is 1. The Morgan fingerprint density at radius 2 is 0.909 bits per heavy atom. The summed E-state index contributed by atoms with van der Waals surface area (Å²) in [4.78, 5) is 46.7. The second-order valence-electron chi connectivity index (χ2n) is 7.05. The SMILES string of the molecule is O=C1OC(=O)[C@@H]2C[C@H]([C@@H]3CC[C@H]4C(=O)OC(=O)[C@@H]4C3)CC[C@H]12. The maximum absolute atomic E-state index is 11.8. The fourth-order valence-corrected chi connectivity index (χ4v) is 4.85. The number of hydrogen-bond acceptors (Lipinski definition) is 6. The lowest BCUT2D eigenvalue weighted by molar-refractivity contribution is -0.155. The van der Waals surface area contributed by atoms with Crippen molar-refractivity contribution in [3.05, 3.63) is 0 Å². The first kappa shape index (κ1) is 13.9. The minimum atomic E-state index is -0.385. The fraction of sp³-hybridized carbons (Fsp3) is 0.750. The van der Waals surface area contributed by atoms with Crippen LogP contribution < -0.4 is 0 Å². The van der Waals surface area contributed by atoms with E-state index in [1.807, 2.05) is 0 Å². The van der Waals surface area contributed by atoms with Gasteiger partial charge in [0.15, 0.2) is 0 Å². The molecule has 0 aromatic rings. The average molecular weight is 306 g/mol. The minimum absolute atomic E-state index is 0.266. The van der Waals surface area contributed by atoms with Crippen molar-refractivity contribution in [1.29, 1.82) is 0 Å². The van der Waals surface area contributed by atoms with Gasteiger partial charge in [0.25, 0.3) is 0 Å². The van der Waals surface area contributed by atoms with Gasteiger partial charge in [0.1, 0.15) is 0 Å². The Hall–Kier alpha value is -1.72. The Balaban J connectivity index is 1.45. The van der Waals surface area contributed by atoms with Gasteiger partial charge >= 0.3 is 23.9 Å². The molecule has 0 radical (unpaired) electrons. The van der Waals surface area contributed by atoms with Crippen molar-refractivity contribution in [3.8, 4) is 0 Å². The molecule has 2 saturated heterocycles. The van der Waals surface area contributed by atoms with Gasteiger partial charge in [-0.3, -0.25) is 19.2 Å². The summed E-state index contributed by atoms with van der Waals surface area (Å²) in [5, 5.41) is 0. The van der Waals surface area contributed by atoms with Crippen molar-refractivity contribution in [3.63, 3.8) is 0 Å². The van der Waals surface area contributed by atoms with Gasteiger partial charge in [-0.1, -0.05) is 0 Å². The van der Waals surface area contributed by atoms with Crippen LogP contribution in [0.25, 0.3) is 0 Å². The first-order chi connectivity index (χ1) is 10.5. The van der Waals surface area contributed by atoms with Gasteiger partial charge in [0.2, 0.25) is 0 Å². The van der Waals surface area contributed by atoms with Gasteiger partial charge in [0.05, 0.1) is 23.7 Å². The van der Waals surface area contributed by atoms with Crippen molar-refractivity contribution >= 4 is 23.9 Å². The summed E-state index contributed by atoms with van der Waals surface area (Å²) in [5.74, 6) is -2.01. The van der Waals surface area contributed by atoms with Crippen molar-refractivity contribution in [2.24, 2.45) is 35.5 Å². The van der Waals surface area contributed by atoms with Gasteiger partial charge in [-0.2, -0.15) is 0 Å². The molecule has 118 valence electrons. The predicted molar refractivity (Wildman–Crippen MR) is 70.8 cm³/mol. The molecule has 0 aromatic carbocycles. The molecule has 4 fully saturated rings. The molecule has 0 amide bonds. The second kappa shape index (κ2) is 4.89. The molecule has 6 nitrogen and oxygen atoms in total. The molecular formula is C16H18O6. The van der Waals surface area contributed by atoms with Crippen LogP contribution >= 0.6 is 0 Å². The van der Waals surface area contributed by atoms with Crippen molar-refractivity contribution in [2.75, 3.05) is 0 Å². The molecule has 2 saturated carbocycles. The molecule has 2 aliphatic carbocycles. The number of esters is 4. The maximum atomic E-state index is 11.8. The lowest BCUT2D eigenvalue weighted by atomic mass is 9.64. The Labute approximate surface area is 127 Å². The highest BCUT2D eigenvalue weighted by molar-refractivity contribution is 5.97. The summed E-state index contributed by atoms with van der Waals surface area (Å²) in [6.07, 6.45) is 4.48. The van der Waals surface area contributed by atoms with Crippen molar-refractivity contribution in [1.82, 2.24) is 0 Å². The van der Waals surface area contributed by atoms with E-state index in [4.69, 9.17) is 9.47 Å². The van der Waals surface area contributed by atoms with E-state index in [9.17, 15) is 19.2 Å². The molecule has 0 unspecified atom stereocenters. The molecule has 0 aromatic heterocycles. The highest BCUT2D eigenvalue weighted by atomic mass is 16.6. The first-order valence-corrected chi connectivity index (χ1v) is 8.05. The van der Waals surface area contributed by atoms with Crippen LogP contribution in [-0.4, -0.2) is 23.9 Å². The highest BCUT2D eigenvalue weighted by Crippen LogP contribution is 2.48. The standard InChI is InChI=1S/C16H18O6/c17-13-9-3-1-7(5-11(9)15(19)21-13)8-2-4-10-12(6-8)16(20)22-14(10)18/h7-12H,1-6H2/t7-,8-,9-,10+,11-,12-/m1/s1. The fourth-order valence-electron chi connectivity index (χ4n) is 4.85. The molecule has 22 heavy (non-hydrogen) atoms. The third-order valence-electron chi connectivity index (χ3n) is 6.06. The highest BCUT2D eigenvalue weighted by Gasteiger charge is 2.52. The van der Waals surface area contributed by atoms with Gasteiger partial charge in [-0.25, -0.2) is 0 Å². The Bertz CT molecular complexity index is 517. The molecule has 0 N–H and O–H groups in total. The largest absolute Gasteiger partial charge is 0.393 e. The summed E-state index contributed by atoms with van der Waals surface area (Å²) >= 11 is 0. The molecule has 4 rings (SSSR count). The van der Waals surface area contributed by atoms with Crippen LogP contribution in [0.15, 0.2) is 0 Å². The topological polar surface area (TPSA) is 86.7 Å². The Kier molecular flexibility index (Phi) is 3.09. The summed E-state index contributed by atoms with van der Waals surface area (Å²) in [6.45, 7) is 0. The molecule has 6 heteroatoms. The van der Waals surface area contributed by atoms with Crippen LogP contribution in [0.1, 0.15) is 38.5 Å². The summed E-state index contributed by atoms with van der Waals surface area (Å²) in [6, 6.07) is 0. The number of fused-ring (bicyclic) bond motifs is 2. The zero-order valence-electron chi connectivity index (χ0n) is 12.2. The molecule has 0 spiro atoms. The van der Waals surface area contributed by atoms with Crippen LogP contribution in [0.5, 0.6) is 0 Å². The Morgan fingerprint density at radius 1 is 0.545 bits per heavy atom. The van der Waals surface area contributed by atoms with E-state index in [2.05, 4.69) is 0 Å². The summed E-state index contributed by atoms with van der Waals surface area (Å²) in [5.41, 5.74) is 0. The van der Waals surface area contributed by atoms with Crippen molar-refractivity contribution in [2.45, 2.75) is 38.5 Å². The quantitative estimate of drug-likeness (QED) is 0.535. The van der Waals surface area contributed by atoms with Gasteiger partial charge < -0.3 is 9.47 Å². The predicted octanol–water partition coefficient (Wildman–Crippen LogP) is 1.22. The van der Waals surface area contributed by atoms with E-state index >= 15 is 0 Å². The molecule has 4 aliphatic rings. The number of cyclic esters (lactones) is 4. The third kappa shape index (κ3) is 2.00. The third-order valence-corrected chi connectivity index (χ3v) is 6.06. The van der Waals surface area contributed by atoms with Crippen LogP contribution in [0.2, 0.25) is 0 Å². The first-order valence-electron chi connectivity index (χ1n) is 8.05. The average Bonchev–Trinajstić information content (AvgIpc) is 2.96. The van der Waals surface area contributed by atoms with Crippen molar-refractivity contribution < 1.29 is 28.7 Å². The molecule has 6 atom stereocenters. The monoisotopic (exact) mass is 306 g/mol. The molecular weight excluding hydrogens is 288 g/mol. The van der Waals surface area contributed by atoms with Crippen LogP contribution in [0.4, 0.5) is 0 Å². The van der Waals surface area contributed by atoms with E-state index < -0.39 is 0 Å². The van der Waals surface area contributed by atoms with Gasteiger partial charge in [-0.05, 0) is 50.4 Å². The van der Waals surface area contributed by atoms with Crippen LogP contribution in [0, 0.1) is 35.5 Å². The lowest BCUT2D eigenvalue weighted by Gasteiger charge is -2.37.